The first-order valence-electron chi connectivity index (χ1n) is 2.64. The van der Waals surface area contributed by atoms with Gasteiger partial charge >= 0.3 is 84.9 Å². The first-order chi connectivity index (χ1) is 4.61. The number of pyridine rings is 1. The van der Waals surface area contributed by atoms with Crippen LogP contribution in [0.5, 0.6) is 0 Å². The Balaban J connectivity index is -0.000000333. The van der Waals surface area contributed by atoms with Crippen LogP contribution in [0, 0.1) is 0 Å². The molecule has 0 atom stereocenters. The van der Waals surface area contributed by atoms with Crippen molar-refractivity contribution in [2.45, 2.75) is 0 Å². The summed E-state index contributed by atoms with van der Waals surface area (Å²) in [6.45, 7) is 0. The van der Waals surface area contributed by atoms with Crippen LogP contribution in [0.1, 0.15) is 0 Å². The third-order valence-corrected chi connectivity index (χ3v) is 5.58. The van der Waals surface area contributed by atoms with Gasteiger partial charge in [-0.1, -0.05) is 0 Å². The number of hydrogen-bond donors (Lipinski definition) is 0. The molecule has 0 saturated heterocycles. The van der Waals surface area contributed by atoms with E-state index in [1.165, 1.54) is 0 Å². The molecule has 1 heterocycles. The molecule has 0 aliphatic heterocycles. The minimum atomic E-state index is -1.68. The molecule has 0 fully saturated rings. The second-order valence-corrected chi connectivity index (χ2v) is 23.1. The Labute approximate surface area is 134 Å². The first-order valence-corrected chi connectivity index (χ1v) is 11.4. The maximum atomic E-state index is 3.52. The van der Waals surface area contributed by atoms with Gasteiger partial charge < -0.3 is 0 Å². The molecule has 80 valence electrons. The van der Waals surface area contributed by atoms with E-state index in [2.05, 4.69) is 50.8 Å². The second kappa shape index (κ2) is 9.67. The fourth-order valence-corrected chi connectivity index (χ4v) is 3.21. The van der Waals surface area contributed by atoms with E-state index in [0.717, 1.165) is 0 Å². The average molecular weight is 594 g/mol. The number of aromatic nitrogens is 1. The standard InChI is InChI=1S/C5H6Br3NP.3BrH/c6-10(7,8)9-4-2-1-3-5-9;;;/h1-5,10H;3*1H/q+1;;;. The molecule has 0 spiro atoms. The van der Waals surface area contributed by atoms with E-state index in [0.29, 0.717) is 0 Å². The Hall–Kier alpha value is 2.46. The van der Waals surface area contributed by atoms with Crippen LogP contribution in [-0.2, 0) is 0 Å². The topological polar surface area (TPSA) is 3.88 Å². The summed E-state index contributed by atoms with van der Waals surface area (Å²) in [6.07, 6.45) is 4.01. The predicted octanol–water partition coefficient (Wildman–Crippen LogP) is 5.15. The van der Waals surface area contributed by atoms with Gasteiger partial charge in [0.2, 0.25) is 0 Å². The summed E-state index contributed by atoms with van der Waals surface area (Å²) in [6, 6.07) is 5.97. The van der Waals surface area contributed by atoms with Crippen molar-refractivity contribution in [2.75, 3.05) is 0 Å². The zero-order valence-electron chi connectivity index (χ0n) is 6.19. The van der Waals surface area contributed by atoms with E-state index in [1.54, 1.807) is 0 Å². The van der Waals surface area contributed by atoms with Gasteiger partial charge in [-0.15, -0.1) is 50.9 Å². The van der Waals surface area contributed by atoms with E-state index in [9.17, 15) is 0 Å². The molecule has 1 aromatic rings. The summed E-state index contributed by atoms with van der Waals surface area (Å²) in [5.74, 6) is 0. The van der Waals surface area contributed by atoms with Gasteiger partial charge in [0.25, 0.3) is 0 Å². The Bertz CT molecular complexity index is 212. The van der Waals surface area contributed by atoms with Crippen molar-refractivity contribution in [2.24, 2.45) is 0 Å². The van der Waals surface area contributed by atoms with Crippen LogP contribution in [0.3, 0.4) is 0 Å². The van der Waals surface area contributed by atoms with Crippen molar-refractivity contribution in [3.63, 3.8) is 0 Å². The molecule has 0 unspecified atom stereocenters. The van der Waals surface area contributed by atoms with Crippen molar-refractivity contribution in [3.05, 3.63) is 30.6 Å². The molecule has 0 amide bonds. The molecule has 8 heteroatoms. The summed E-state index contributed by atoms with van der Waals surface area (Å²) < 4.78 is 0.397. The van der Waals surface area contributed by atoms with Gasteiger partial charge in [-0.25, -0.2) is 0 Å². The zero-order chi connectivity index (χ0) is 7.61. The van der Waals surface area contributed by atoms with Crippen LogP contribution >= 0.6 is 101 Å². The van der Waals surface area contributed by atoms with Crippen LogP contribution < -0.4 is 4.34 Å². The van der Waals surface area contributed by atoms with Gasteiger partial charge in [-0.05, 0) is 0 Å². The molecule has 1 nitrogen and oxygen atoms in total. The van der Waals surface area contributed by atoms with Crippen molar-refractivity contribution in [1.82, 2.24) is 0 Å². The first kappa shape index (κ1) is 20.8. The fourth-order valence-electron chi connectivity index (χ4n) is 0.568. The van der Waals surface area contributed by atoms with E-state index in [1.807, 2.05) is 30.6 Å². The summed E-state index contributed by atoms with van der Waals surface area (Å²) in [7, 11) is 0. The average Bonchev–Trinajstić information content (AvgIpc) is 1.88. The number of hydrogen-bond acceptors (Lipinski definition) is 0. The molecule has 0 bridgehead atoms. The predicted molar refractivity (Wildman–Crippen MR) is 88.1 cm³/mol. The molecule has 0 aliphatic rings. The van der Waals surface area contributed by atoms with Crippen molar-refractivity contribution >= 4 is 101 Å². The Morgan fingerprint density at radius 1 is 0.769 bits per heavy atom. The van der Waals surface area contributed by atoms with Crippen LogP contribution in [0.2, 0.25) is 0 Å². The molecule has 0 aromatic carbocycles. The quantitative estimate of drug-likeness (QED) is 0.397. The van der Waals surface area contributed by atoms with E-state index in [4.69, 9.17) is 0 Å². The molecule has 13 heavy (non-hydrogen) atoms. The number of rotatable bonds is 1. The van der Waals surface area contributed by atoms with Crippen LogP contribution in [-0.4, -0.2) is 0 Å². The van der Waals surface area contributed by atoms with E-state index >= 15 is 0 Å². The van der Waals surface area contributed by atoms with Gasteiger partial charge in [0, 0.05) is 0 Å². The molecule has 1 rings (SSSR count). The Kier molecular flexibility index (Phi) is 15.5. The van der Waals surface area contributed by atoms with Crippen molar-refractivity contribution in [1.29, 1.82) is 0 Å². The van der Waals surface area contributed by atoms with Gasteiger partial charge in [0.15, 0.2) is 0 Å². The van der Waals surface area contributed by atoms with Gasteiger partial charge in [0.05, 0.1) is 0 Å². The van der Waals surface area contributed by atoms with E-state index < -0.39 is 3.52 Å². The summed E-state index contributed by atoms with van der Waals surface area (Å²) in [4.78, 5) is 0. The third kappa shape index (κ3) is 8.29. The third-order valence-electron chi connectivity index (χ3n) is 1.01. The Morgan fingerprint density at radius 2 is 1.15 bits per heavy atom. The molecule has 0 N–H and O–H groups in total. The van der Waals surface area contributed by atoms with Gasteiger partial charge in [-0.2, -0.15) is 0 Å². The monoisotopic (exact) mass is 588 g/mol. The Morgan fingerprint density at radius 3 is 1.38 bits per heavy atom. The second-order valence-electron chi connectivity index (χ2n) is 1.75. The SMILES string of the molecule is Br.Br.Br.Br[PH](Br)(Br)[n+]1ccccc1. The van der Waals surface area contributed by atoms with E-state index in [-0.39, 0.29) is 50.9 Å². The number of nitrogens with zero attached hydrogens (tertiary/aromatic N) is 1. The normalized spacial score (nSPS) is 10.1. The van der Waals surface area contributed by atoms with Gasteiger partial charge in [-0.3, -0.25) is 0 Å². The van der Waals surface area contributed by atoms with Crippen LogP contribution in [0.15, 0.2) is 30.6 Å². The molecule has 0 saturated carbocycles. The molecule has 1 aromatic heterocycles. The van der Waals surface area contributed by atoms with Crippen LogP contribution in [0.25, 0.3) is 0 Å². The fraction of sp³-hybridized carbons (Fsp3) is 0. The van der Waals surface area contributed by atoms with Crippen LogP contribution in [0.4, 0.5) is 0 Å². The van der Waals surface area contributed by atoms with Crippen molar-refractivity contribution in [3.8, 4) is 0 Å². The molecule has 0 radical (unpaired) electrons. The minimum absolute atomic E-state index is 0. The van der Waals surface area contributed by atoms with Gasteiger partial charge in [0.1, 0.15) is 0 Å². The maximum absolute atomic E-state index is 3.52. The molecular formula is C5H9Br6NP+. The van der Waals surface area contributed by atoms with Crippen molar-refractivity contribution < 1.29 is 4.34 Å². The summed E-state index contributed by atoms with van der Waals surface area (Å²) >= 11 is 10.6. The number of halogens is 6. The zero-order valence-corrected chi connectivity index (χ0v) is 17.1. The molecular weight excluding hydrogens is 584 g/mol. The molecule has 0 aliphatic carbocycles. The summed E-state index contributed by atoms with van der Waals surface area (Å²) in [5.41, 5.74) is 0. The summed E-state index contributed by atoms with van der Waals surface area (Å²) in [5, 5.41) is 0.